The second-order valence-corrected chi connectivity index (χ2v) is 7.84. The molecule has 1 aromatic carbocycles. The first-order valence-corrected chi connectivity index (χ1v) is 9.99. The summed E-state index contributed by atoms with van der Waals surface area (Å²) in [6, 6.07) is 6.88. The minimum atomic E-state index is 0.288. The quantitative estimate of drug-likeness (QED) is 0.847. The Balaban J connectivity index is 1.39. The lowest BCUT2D eigenvalue weighted by molar-refractivity contribution is -0.137. The van der Waals surface area contributed by atoms with E-state index in [1.54, 1.807) is 0 Å². The predicted octanol–water partition coefficient (Wildman–Crippen LogP) is 2.98. The topological polar surface area (TPSA) is 32.8 Å². The Kier molecular flexibility index (Phi) is 5.37. The fourth-order valence-electron chi connectivity index (χ4n) is 4.52. The molecular weight excluding hydrogens is 312 g/mol. The van der Waals surface area contributed by atoms with Gasteiger partial charge in [0.15, 0.2) is 0 Å². The molecule has 2 fully saturated rings. The Hall–Kier alpha value is -1.39. The van der Waals surface area contributed by atoms with E-state index in [1.807, 2.05) is 0 Å². The van der Waals surface area contributed by atoms with Crippen molar-refractivity contribution in [2.24, 2.45) is 5.92 Å². The van der Waals surface area contributed by atoms with Crippen LogP contribution in [-0.4, -0.2) is 48.6 Å². The third-order valence-corrected chi connectivity index (χ3v) is 6.06. The van der Waals surface area contributed by atoms with Crippen molar-refractivity contribution < 1.29 is 9.53 Å². The summed E-state index contributed by atoms with van der Waals surface area (Å²) in [6.45, 7) is 6.47. The van der Waals surface area contributed by atoms with Gasteiger partial charge in [-0.3, -0.25) is 9.69 Å². The van der Waals surface area contributed by atoms with E-state index in [0.29, 0.717) is 5.91 Å². The summed E-state index contributed by atoms with van der Waals surface area (Å²) in [5, 5.41) is 0. The van der Waals surface area contributed by atoms with Crippen molar-refractivity contribution in [3.63, 3.8) is 0 Å². The molecule has 1 amide bonds. The third-order valence-electron chi connectivity index (χ3n) is 6.06. The Labute approximate surface area is 151 Å². The molecular formula is C21H30N2O2. The monoisotopic (exact) mass is 342 g/mol. The predicted molar refractivity (Wildman–Crippen MR) is 98.2 cm³/mol. The van der Waals surface area contributed by atoms with Crippen LogP contribution in [0.3, 0.4) is 0 Å². The Morgan fingerprint density at radius 2 is 1.84 bits per heavy atom. The summed E-state index contributed by atoms with van der Waals surface area (Å²) in [4.78, 5) is 17.4. The van der Waals surface area contributed by atoms with Crippen molar-refractivity contribution in [1.82, 2.24) is 9.80 Å². The SMILES string of the molecule is O=C(C1CCCCC1)N1CCc2cc(CN3CCOCC3)ccc2C1. The molecule has 1 saturated carbocycles. The number of morpholine rings is 1. The lowest BCUT2D eigenvalue weighted by atomic mass is 9.87. The van der Waals surface area contributed by atoms with Crippen molar-refractivity contribution >= 4 is 5.91 Å². The number of hydrogen-bond acceptors (Lipinski definition) is 3. The minimum absolute atomic E-state index is 0.288. The lowest BCUT2D eigenvalue weighted by Gasteiger charge is -2.33. The molecule has 0 unspecified atom stereocenters. The molecule has 2 heterocycles. The highest BCUT2D eigenvalue weighted by Gasteiger charge is 2.28. The minimum Gasteiger partial charge on any atom is -0.379 e. The van der Waals surface area contributed by atoms with Gasteiger partial charge in [0.25, 0.3) is 0 Å². The van der Waals surface area contributed by atoms with Crippen LogP contribution in [-0.2, 0) is 29.0 Å². The molecule has 0 radical (unpaired) electrons. The van der Waals surface area contributed by atoms with Crippen LogP contribution in [0, 0.1) is 5.92 Å². The summed E-state index contributed by atoms with van der Waals surface area (Å²) in [5.74, 6) is 0.693. The van der Waals surface area contributed by atoms with Crippen LogP contribution in [0.25, 0.3) is 0 Å². The van der Waals surface area contributed by atoms with Crippen molar-refractivity contribution in [3.8, 4) is 0 Å². The molecule has 136 valence electrons. The maximum Gasteiger partial charge on any atom is 0.225 e. The van der Waals surface area contributed by atoms with Crippen LogP contribution >= 0.6 is 0 Å². The molecule has 0 spiro atoms. The average molecular weight is 342 g/mol. The van der Waals surface area contributed by atoms with E-state index in [4.69, 9.17) is 4.74 Å². The lowest BCUT2D eigenvalue weighted by Crippen LogP contribution is -2.40. The number of carbonyl (C=O) groups excluding carboxylic acids is 1. The molecule has 1 saturated heterocycles. The zero-order valence-corrected chi connectivity index (χ0v) is 15.2. The van der Waals surface area contributed by atoms with Crippen molar-refractivity contribution in [1.29, 1.82) is 0 Å². The van der Waals surface area contributed by atoms with Gasteiger partial charge < -0.3 is 9.64 Å². The second-order valence-electron chi connectivity index (χ2n) is 7.84. The standard InChI is InChI=1S/C21H30N2O2/c24-21(18-4-2-1-3-5-18)23-9-8-19-14-17(6-7-20(19)16-23)15-22-10-12-25-13-11-22/h6-7,14,18H,1-5,8-13,15-16H2. The summed E-state index contributed by atoms with van der Waals surface area (Å²) in [5.41, 5.74) is 4.19. The molecule has 1 aliphatic carbocycles. The van der Waals surface area contributed by atoms with E-state index in [-0.39, 0.29) is 5.92 Å². The number of amides is 1. The van der Waals surface area contributed by atoms with Crippen LogP contribution in [0.1, 0.15) is 48.8 Å². The maximum atomic E-state index is 12.8. The van der Waals surface area contributed by atoms with Gasteiger partial charge in [0.05, 0.1) is 13.2 Å². The van der Waals surface area contributed by atoms with Crippen LogP contribution < -0.4 is 0 Å². The number of carbonyl (C=O) groups is 1. The van der Waals surface area contributed by atoms with E-state index in [2.05, 4.69) is 28.0 Å². The van der Waals surface area contributed by atoms with Gasteiger partial charge in [-0.15, -0.1) is 0 Å². The van der Waals surface area contributed by atoms with Crippen LogP contribution in [0.15, 0.2) is 18.2 Å². The van der Waals surface area contributed by atoms with Gasteiger partial charge in [-0.05, 0) is 36.0 Å². The first-order chi connectivity index (χ1) is 12.3. The van der Waals surface area contributed by atoms with Gasteiger partial charge >= 0.3 is 0 Å². The normalized spacial score (nSPS) is 22.6. The molecule has 25 heavy (non-hydrogen) atoms. The van der Waals surface area contributed by atoms with Gasteiger partial charge in [0, 0.05) is 38.6 Å². The summed E-state index contributed by atoms with van der Waals surface area (Å²) in [7, 11) is 0. The molecule has 0 N–H and O–H groups in total. The van der Waals surface area contributed by atoms with Gasteiger partial charge in [-0.1, -0.05) is 37.5 Å². The molecule has 4 rings (SSSR count). The first kappa shape index (κ1) is 17.0. The molecule has 3 aliphatic rings. The van der Waals surface area contributed by atoms with Gasteiger partial charge in [0.1, 0.15) is 0 Å². The number of ether oxygens (including phenoxy) is 1. The molecule has 4 heteroatoms. The number of nitrogens with zero attached hydrogens (tertiary/aromatic N) is 2. The van der Waals surface area contributed by atoms with Gasteiger partial charge in [0.2, 0.25) is 5.91 Å². The molecule has 0 atom stereocenters. The van der Waals surface area contributed by atoms with Crippen molar-refractivity contribution in [2.75, 3.05) is 32.8 Å². The average Bonchev–Trinajstić information content (AvgIpc) is 2.68. The number of benzene rings is 1. The van der Waals surface area contributed by atoms with E-state index in [1.165, 1.54) is 36.0 Å². The van der Waals surface area contributed by atoms with Gasteiger partial charge in [-0.2, -0.15) is 0 Å². The number of hydrogen-bond donors (Lipinski definition) is 0. The Bertz CT molecular complexity index is 604. The fraction of sp³-hybridized carbons (Fsp3) is 0.667. The molecule has 4 nitrogen and oxygen atoms in total. The van der Waals surface area contributed by atoms with Crippen molar-refractivity contribution in [2.45, 2.75) is 51.6 Å². The second kappa shape index (κ2) is 7.88. The summed E-state index contributed by atoms with van der Waals surface area (Å²) >= 11 is 0. The smallest absolute Gasteiger partial charge is 0.225 e. The van der Waals surface area contributed by atoms with E-state index >= 15 is 0 Å². The number of rotatable bonds is 3. The zero-order valence-electron chi connectivity index (χ0n) is 15.2. The molecule has 1 aromatic rings. The zero-order chi connectivity index (χ0) is 17.1. The molecule has 0 bridgehead atoms. The summed E-state index contributed by atoms with van der Waals surface area (Å²) in [6.07, 6.45) is 6.96. The van der Waals surface area contributed by atoms with E-state index < -0.39 is 0 Å². The largest absolute Gasteiger partial charge is 0.379 e. The third kappa shape index (κ3) is 4.06. The molecule has 2 aliphatic heterocycles. The van der Waals surface area contributed by atoms with E-state index in [0.717, 1.165) is 65.2 Å². The van der Waals surface area contributed by atoms with E-state index in [9.17, 15) is 4.79 Å². The van der Waals surface area contributed by atoms with Crippen molar-refractivity contribution in [3.05, 3.63) is 34.9 Å². The first-order valence-electron chi connectivity index (χ1n) is 9.99. The van der Waals surface area contributed by atoms with Crippen LogP contribution in [0.5, 0.6) is 0 Å². The Morgan fingerprint density at radius 1 is 1.04 bits per heavy atom. The van der Waals surface area contributed by atoms with Crippen LogP contribution in [0.4, 0.5) is 0 Å². The highest BCUT2D eigenvalue weighted by atomic mass is 16.5. The Morgan fingerprint density at radius 3 is 2.64 bits per heavy atom. The van der Waals surface area contributed by atoms with Crippen LogP contribution in [0.2, 0.25) is 0 Å². The number of fused-ring (bicyclic) bond motifs is 1. The highest BCUT2D eigenvalue weighted by Crippen LogP contribution is 2.28. The summed E-state index contributed by atoms with van der Waals surface area (Å²) < 4.78 is 5.43. The van der Waals surface area contributed by atoms with Gasteiger partial charge in [-0.25, -0.2) is 0 Å². The maximum absolute atomic E-state index is 12.8. The highest BCUT2D eigenvalue weighted by molar-refractivity contribution is 5.79. The fourth-order valence-corrected chi connectivity index (χ4v) is 4.52. The molecule has 0 aromatic heterocycles.